The average Bonchev–Trinajstić information content (AvgIpc) is 3.92. The molecule has 0 amide bonds. The molecule has 4 aliphatic carbocycles. The van der Waals surface area contributed by atoms with Crippen LogP contribution in [0.25, 0.3) is 33.0 Å². The molecule has 0 atom stereocenters. The minimum atomic E-state index is -0.358. The van der Waals surface area contributed by atoms with Crippen LogP contribution in [-0.2, 0) is 11.2 Å². The lowest BCUT2D eigenvalue weighted by Gasteiger charge is -2.45. The van der Waals surface area contributed by atoms with Gasteiger partial charge in [0.1, 0.15) is 22.7 Å². The molecule has 2 saturated carbocycles. The van der Waals surface area contributed by atoms with E-state index in [9.17, 15) is 0 Å². The van der Waals surface area contributed by atoms with Crippen LogP contribution in [0.2, 0.25) is 0 Å². The zero-order valence-electron chi connectivity index (χ0n) is 29.4. The van der Waals surface area contributed by atoms with E-state index in [1.165, 1.54) is 44.8 Å². The first kappa shape index (κ1) is 33.8. The van der Waals surface area contributed by atoms with Gasteiger partial charge in [0, 0.05) is 65.4 Å². The molecule has 2 nitrogen and oxygen atoms in total. The summed E-state index contributed by atoms with van der Waals surface area (Å²) in [4.78, 5) is 7.96. The summed E-state index contributed by atoms with van der Waals surface area (Å²) in [6.07, 6.45) is 15.6. The molecule has 0 bridgehead atoms. The van der Waals surface area contributed by atoms with E-state index in [4.69, 9.17) is 58.3 Å². The Morgan fingerprint density at radius 3 is 1.17 bits per heavy atom. The van der Waals surface area contributed by atoms with E-state index in [0.717, 1.165) is 125 Å². The molecule has 3 aromatic carbocycles. The van der Waals surface area contributed by atoms with Crippen molar-refractivity contribution in [3.8, 4) is 32.4 Å². The second kappa shape index (κ2) is 12.5. The normalized spacial score (nSPS) is 19.8. The Bertz CT molecular complexity index is 2350. The monoisotopic (exact) mass is 810 g/mol. The lowest BCUT2D eigenvalue weighted by atomic mass is 9.71. The number of rotatable bonds is 2. The molecule has 0 saturated heterocycles. The number of fused-ring (bicyclic) bond motifs is 10. The molecule has 8 heteroatoms. The van der Waals surface area contributed by atoms with Crippen molar-refractivity contribution in [3.63, 3.8) is 0 Å². The van der Waals surface area contributed by atoms with Crippen LogP contribution in [0.1, 0.15) is 107 Å². The van der Waals surface area contributed by atoms with Gasteiger partial charge >= 0.3 is 0 Å². The van der Waals surface area contributed by atoms with Gasteiger partial charge in [0.25, 0.3) is 0 Å². The second-order valence-electron chi connectivity index (χ2n) is 15.5. The molecule has 54 heavy (non-hydrogen) atoms. The number of hydrogen-bond acceptors (Lipinski definition) is 8. The van der Waals surface area contributed by atoms with Gasteiger partial charge in [-0.2, -0.15) is 0 Å². The number of thiophene rings is 2. The van der Waals surface area contributed by atoms with Crippen molar-refractivity contribution in [1.29, 1.82) is 0 Å². The highest BCUT2D eigenvalue weighted by Crippen LogP contribution is 2.60. The van der Waals surface area contributed by atoms with Crippen LogP contribution in [0.3, 0.4) is 0 Å². The molecular formula is C46H34O2S6. The van der Waals surface area contributed by atoms with Crippen molar-refractivity contribution < 1.29 is 9.47 Å². The minimum absolute atomic E-state index is 0.358. The molecule has 2 fully saturated rings. The average molecular weight is 811 g/mol. The molecule has 6 aliphatic rings. The molecular weight excluding hydrogens is 777 g/mol. The Morgan fingerprint density at radius 2 is 0.815 bits per heavy atom. The van der Waals surface area contributed by atoms with E-state index in [1.54, 1.807) is 22.7 Å². The number of benzene rings is 3. The van der Waals surface area contributed by atoms with Gasteiger partial charge in [0.05, 0.1) is 29.2 Å². The van der Waals surface area contributed by atoms with Crippen LogP contribution in [0, 0.1) is 0 Å². The van der Waals surface area contributed by atoms with Crippen molar-refractivity contribution in [2.45, 2.75) is 75.4 Å². The van der Waals surface area contributed by atoms with Crippen molar-refractivity contribution in [2.24, 2.45) is 0 Å². The first-order valence-corrected chi connectivity index (χ1v) is 22.2. The topological polar surface area (TPSA) is 18.5 Å². The first-order valence-electron chi connectivity index (χ1n) is 19.0. The van der Waals surface area contributed by atoms with Gasteiger partial charge in [0.2, 0.25) is 0 Å². The summed E-state index contributed by atoms with van der Waals surface area (Å²) in [5, 5.41) is 0. The van der Waals surface area contributed by atoms with Crippen LogP contribution in [-0.4, -0.2) is 19.5 Å². The molecule has 0 radical (unpaired) electrons. The largest absolute Gasteiger partial charge is 0.481 e. The van der Waals surface area contributed by atoms with E-state index >= 15 is 0 Å². The van der Waals surface area contributed by atoms with Gasteiger partial charge in [-0.3, -0.25) is 0 Å². The third kappa shape index (κ3) is 4.96. The molecule has 11 rings (SSSR count). The highest BCUT2D eigenvalue weighted by atomic mass is 32.1. The fourth-order valence-corrected chi connectivity index (χ4v) is 13.4. The summed E-state index contributed by atoms with van der Waals surface area (Å²) in [6.45, 7) is 0. The van der Waals surface area contributed by atoms with E-state index < -0.39 is 0 Å². The molecule has 4 heterocycles. The Kier molecular flexibility index (Phi) is 7.83. The standard InChI is InChI=1S/C46H34O2S6/c49-39-27-11-3-4-12-28(27)40(50)33(39)19-25-21-37-43(53-25)31-24-36-32(23-35(31)45(47-37)15-7-1-8-16-45)44-38(48-46(36)17-9-2-10-18-46)22-26(54-44)20-34-41(51)29-13-5-6-14-30(29)42(34)52/h3-6,11-14,19-24H,1-2,7-10,15-18H2. The summed E-state index contributed by atoms with van der Waals surface area (Å²) in [5.74, 6) is 1.97. The maximum atomic E-state index is 7.26. The van der Waals surface area contributed by atoms with E-state index in [0.29, 0.717) is 0 Å². The van der Waals surface area contributed by atoms with E-state index in [1.807, 2.05) is 24.3 Å². The molecule has 2 aliphatic heterocycles. The van der Waals surface area contributed by atoms with Crippen molar-refractivity contribution in [2.75, 3.05) is 0 Å². The lowest BCUT2D eigenvalue weighted by Crippen LogP contribution is -2.40. The van der Waals surface area contributed by atoms with E-state index in [-0.39, 0.29) is 11.2 Å². The van der Waals surface area contributed by atoms with Gasteiger partial charge in [-0.1, -0.05) is 110 Å². The Labute approximate surface area is 344 Å². The van der Waals surface area contributed by atoms with Crippen LogP contribution in [0.4, 0.5) is 0 Å². The Hall–Kier alpha value is -3.50. The van der Waals surface area contributed by atoms with Crippen molar-refractivity contribution >= 4 is 103 Å². The maximum Gasteiger partial charge on any atom is 0.139 e. The summed E-state index contributed by atoms with van der Waals surface area (Å²) in [6, 6.07) is 26.0. The van der Waals surface area contributed by atoms with Crippen LogP contribution in [0.5, 0.6) is 11.5 Å². The lowest BCUT2D eigenvalue weighted by molar-refractivity contribution is 0.0205. The first-order chi connectivity index (χ1) is 26.3. The summed E-state index contributed by atoms with van der Waals surface area (Å²) >= 11 is 27.5. The summed E-state index contributed by atoms with van der Waals surface area (Å²) in [7, 11) is 0. The van der Waals surface area contributed by atoms with Gasteiger partial charge in [-0.05, 0) is 87.8 Å². The Balaban J connectivity index is 1.07. The SMILES string of the molecule is S=C1C(=Cc2cc3c(s2)-c2cc4c(cc2C2(CCCCC2)O3)-c2sc(C=C3C(=S)c5ccccc5C3=S)cc2OC42CCCCC2)C(=S)c2ccccc21. The fraction of sp³-hybridized carbons (Fsp3) is 0.261. The minimum Gasteiger partial charge on any atom is -0.481 e. The Morgan fingerprint density at radius 1 is 0.463 bits per heavy atom. The maximum absolute atomic E-state index is 7.26. The zero-order valence-corrected chi connectivity index (χ0v) is 34.3. The highest BCUT2D eigenvalue weighted by molar-refractivity contribution is 7.84. The zero-order chi connectivity index (χ0) is 36.3. The molecule has 0 unspecified atom stereocenters. The number of ether oxygens (including phenoxy) is 2. The predicted octanol–water partition coefficient (Wildman–Crippen LogP) is 13.3. The third-order valence-electron chi connectivity index (χ3n) is 12.4. The van der Waals surface area contributed by atoms with Gasteiger partial charge in [0.15, 0.2) is 0 Å². The summed E-state index contributed by atoms with van der Waals surface area (Å²) < 4.78 is 14.5. The molecule has 2 spiro atoms. The van der Waals surface area contributed by atoms with Crippen molar-refractivity contribution in [1.82, 2.24) is 0 Å². The number of thiocarbonyl (C=S) groups is 4. The smallest absolute Gasteiger partial charge is 0.139 e. The molecule has 0 N–H and O–H groups in total. The number of hydrogen-bond donors (Lipinski definition) is 0. The summed E-state index contributed by atoms with van der Waals surface area (Å²) in [5.41, 5.74) is 10.7. The molecule has 2 aromatic heterocycles. The van der Waals surface area contributed by atoms with Gasteiger partial charge in [-0.15, -0.1) is 22.7 Å². The van der Waals surface area contributed by atoms with Gasteiger partial charge < -0.3 is 9.47 Å². The fourth-order valence-electron chi connectivity index (χ4n) is 9.79. The number of allylic oxidation sites excluding steroid dienone is 2. The molecule has 5 aromatic rings. The van der Waals surface area contributed by atoms with Gasteiger partial charge in [-0.25, -0.2) is 0 Å². The van der Waals surface area contributed by atoms with Crippen LogP contribution < -0.4 is 9.47 Å². The third-order valence-corrected chi connectivity index (χ3v) is 16.3. The van der Waals surface area contributed by atoms with Crippen LogP contribution in [0.15, 0.2) is 83.9 Å². The quantitative estimate of drug-likeness (QED) is 0.130. The highest BCUT2D eigenvalue weighted by Gasteiger charge is 2.48. The second-order valence-corrected chi connectivity index (χ2v) is 19.3. The van der Waals surface area contributed by atoms with E-state index in [2.05, 4.69) is 60.7 Å². The molecule has 266 valence electrons. The predicted molar refractivity (Wildman–Crippen MR) is 239 cm³/mol. The van der Waals surface area contributed by atoms with Crippen molar-refractivity contribution in [3.05, 3.63) is 127 Å². The van der Waals surface area contributed by atoms with Crippen LogP contribution >= 0.6 is 71.5 Å².